The minimum Gasteiger partial charge on any atom is -0.372 e. The molecule has 0 N–H and O–H groups in total. The van der Waals surface area contributed by atoms with Gasteiger partial charge >= 0.3 is 0 Å². The van der Waals surface area contributed by atoms with Gasteiger partial charge in [-0.1, -0.05) is 158 Å². The highest BCUT2D eigenvalue weighted by Gasteiger charge is 2.26. The summed E-state index contributed by atoms with van der Waals surface area (Å²) >= 11 is 0. The molecule has 4 aromatic rings. The molecule has 1 aliphatic rings. The minimum absolute atomic E-state index is 1.12. The third kappa shape index (κ3) is 28.6. The van der Waals surface area contributed by atoms with Crippen molar-refractivity contribution in [1.82, 2.24) is 9.15 Å². The van der Waals surface area contributed by atoms with Crippen LogP contribution in [0, 0.1) is 21.6 Å². The second kappa shape index (κ2) is 45.5. The van der Waals surface area contributed by atoms with E-state index in [4.69, 9.17) is 28.0 Å². The Morgan fingerprint density at radius 1 is 0.250 bits per heavy atom. The van der Waals surface area contributed by atoms with Crippen LogP contribution in [0.2, 0.25) is 0 Å². The predicted molar refractivity (Wildman–Crippen MR) is 342 cm³/mol. The van der Waals surface area contributed by atoms with Gasteiger partial charge in [-0.3, -0.25) is 0 Å². The predicted octanol–water partition coefficient (Wildman–Crippen LogP) is 12.7. The molecule has 12 nitrogen and oxygen atoms in total. The van der Waals surface area contributed by atoms with Gasteiger partial charge < -0.3 is 47.6 Å². The monoisotopic (exact) mass is 1200 g/mol. The maximum absolute atomic E-state index is 8.41. The summed E-state index contributed by atoms with van der Waals surface area (Å²) in [6, 6.07) is 37.9. The van der Waals surface area contributed by atoms with E-state index < -0.39 is 21.6 Å². The summed E-state index contributed by atoms with van der Waals surface area (Å²) in [4.78, 5) is 10.5. The molecular formula is C70H108Cl2N6O6. The van der Waals surface area contributed by atoms with Crippen molar-refractivity contribution in [3.05, 3.63) is 121 Å². The van der Waals surface area contributed by atoms with E-state index in [2.05, 4.69) is 206 Å². The summed E-state index contributed by atoms with van der Waals surface area (Å²) in [5, 5.41) is 0. The molecule has 84 heavy (non-hydrogen) atoms. The van der Waals surface area contributed by atoms with Gasteiger partial charge in [-0.05, 0) is 99.9 Å². The van der Waals surface area contributed by atoms with Crippen LogP contribution in [0.25, 0.3) is 0 Å². The van der Waals surface area contributed by atoms with Crippen LogP contribution in [0.3, 0.4) is 0 Å². The molecule has 0 aromatic heterocycles. The van der Waals surface area contributed by atoms with Gasteiger partial charge in [-0.2, -0.15) is 9.15 Å². The van der Waals surface area contributed by atoms with Crippen LogP contribution in [0.1, 0.15) is 209 Å². The summed E-state index contributed by atoms with van der Waals surface area (Å²) < 4.78 is 55.4. The molecule has 0 atom stereocenters. The van der Waals surface area contributed by atoms with Crippen LogP contribution in [-0.2, 0) is 0 Å². The molecule has 0 amide bonds. The molecular weight excluding hydrogens is 1090 g/mol. The van der Waals surface area contributed by atoms with Crippen molar-refractivity contribution >= 4 is 56.9 Å². The maximum Gasteiger partial charge on any atom is 0.212 e. The molecule has 0 bridgehead atoms. The van der Waals surface area contributed by atoms with Crippen LogP contribution in [0.15, 0.2) is 121 Å². The zero-order chi connectivity index (χ0) is 61.2. The molecule has 0 unspecified atom stereocenters. The van der Waals surface area contributed by atoms with E-state index in [1.54, 1.807) is 0 Å². The van der Waals surface area contributed by atoms with Crippen molar-refractivity contribution in [2.75, 3.05) is 72.0 Å². The lowest BCUT2D eigenvalue weighted by Gasteiger charge is -2.25. The first-order valence-corrected chi connectivity index (χ1v) is 34.3. The summed E-state index contributed by atoms with van der Waals surface area (Å²) in [6.07, 6.45) is 39.5. The van der Waals surface area contributed by atoms with Crippen LogP contribution in [-0.4, -0.2) is 63.8 Å². The SMILES string of the molecule is CCCCCN(CCCCC)c1ccc([N+](=C2C=CC(=[N+](c3ccc(N(CCCCC)CCCCC)cc3)c3ccc(N(CCCCC)CCCCC)cc3)C=C2)c2ccc(N(CCCCC)CCCCC)cc2)cc1.[O-][Cl+2]([O-])[O-].[O-][Cl+2]([O-])[O-]. The summed E-state index contributed by atoms with van der Waals surface area (Å²) in [7, 11) is -5.70. The Kier molecular flexibility index (Phi) is 39.8. The van der Waals surface area contributed by atoms with Gasteiger partial charge in [0.05, 0.1) is 21.6 Å². The summed E-state index contributed by atoms with van der Waals surface area (Å²) in [6.45, 7) is 27.4. The number of nitrogens with zero attached hydrogens (tertiary/aromatic N) is 6. The van der Waals surface area contributed by atoms with E-state index in [1.165, 1.54) is 200 Å². The van der Waals surface area contributed by atoms with Crippen LogP contribution >= 0.6 is 0 Å². The molecule has 14 heteroatoms. The largest absolute Gasteiger partial charge is 0.372 e. The van der Waals surface area contributed by atoms with Crippen molar-refractivity contribution in [3.8, 4) is 0 Å². The van der Waals surface area contributed by atoms with Gasteiger partial charge in [-0.25, -0.2) is 0 Å². The van der Waals surface area contributed by atoms with Crippen molar-refractivity contribution in [2.45, 2.75) is 209 Å². The summed E-state index contributed by atoms with van der Waals surface area (Å²) in [5.41, 5.74) is 12.4. The molecule has 5 rings (SSSR count). The first-order valence-electron chi connectivity index (χ1n) is 32.5. The van der Waals surface area contributed by atoms with Gasteiger partial charge in [0, 0.05) is 148 Å². The first kappa shape index (κ1) is 73.5. The molecule has 4 aromatic carbocycles. The van der Waals surface area contributed by atoms with Crippen molar-refractivity contribution in [2.24, 2.45) is 0 Å². The number of benzene rings is 4. The Morgan fingerprint density at radius 3 is 0.524 bits per heavy atom. The number of hydrogen-bond donors (Lipinski definition) is 0. The molecule has 1 aliphatic carbocycles. The zero-order valence-corrected chi connectivity index (χ0v) is 54.6. The fourth-order valence-electron chi connectivity index (χ4n) is 10.8. The number of rotatable bonds is 40. The summed E-state index contributed by atoms with van der Waals surface area (Å²) in [5.74, 6) is 0. The average Bonchev–Trinajstić information content (AvgIpc) is 3.69. The highest BCUT2D eigenvalue weighted by atomic mass is 35.6. The molecule has 0 spiro atoms. The van der Waals surface area contributed by atoms with Crippen molar-refractivity contribution in [3.63, 3.8) is 0 Å². The Morgan fingerprint density at radius 2 is 0.393 bits per heavy atom. The average molecular weight is 1200 g/mol. The topological polar surface area (TPSA) is 157 Å². The molecule has 0 heterocycles. The fourth-order valence-corrected chi connectivity index (χ4v) is 10.8. The van der Waals surface area contributed by atoms with E-state index in [-0.39, 0.29) is 0 Å². The molecule has 0 radical (unpaired) electrons. The molecule has 0 saturated carbocycles. The number of halogens is 2. The molecule has 0 saturated heterocycles. The van der Waals surface area contributed by atoms with E-state index in [0.717, 1.165) is 63.8 Å². The quantitative estimate of drug-likeness (QED) is 0.0238. The first-order chi connectivity index (χ1) is 40.9. The molecule has 468 valence electrons. The Hall–Kier alpha value is -4.76. The third-order valence-corrected chi connectivity index (χ3v) is 15.5. The van der Waals surface area contributed by atoms with Crippen LogP contribution < -0.4 is 56.7 Å². The maximum atomic E-state index is 8.41. The highest BCUT2D eigenvalue weighted by Crippen LogP contribution is 2.31. The van der Waals surface area contributed by atoms with Gasteiger partial charge in [0.25, 0.3) is 0 Å². The second-order valence-electron chi connectivity index (χ2n) is 22.2. The lowest BCUT2D eigenvalue weighted by molar-refractivity contribution is -1.73. The Bertz CT molecular complexity index is 2050. The Balaban J connectivity index is 0.00000217. The molecule has 0 fully saturated rings. The second-order valence-corrected chi connectivity index (χ2v) is 23.0. The van der Waals surface area contributed by atoms with Gasteiger partial charge in [-0.15, -0.1) is 0 Å². The van der Waals surface area contributed by atoms with E-state index in [1.807, 2.05) is 0 Å². The third-order valence-electron chi connectivity index (χ3n) is 15.5. The normalized spacial score (nSPS) is 11.9. The van der Waals surface area contributed by atoms with Gasteiger partial charge in [0.2, 0.25) is 34.2 Å². The lowest BCUT2D eigenvalue weighted by Crippen LogP contribution is -2.43. The van der Waals surface area contributed by atoms with Crippen molar-refractivity contribution in [1.29, 1.82) is 0 Å². The smallest absolute Gasteiger partial charge is 0.212 e. The number of allylic oxidation sites excluding steroid dienone is 4. The van der Waals surface area contributed by atoms with Gasteiger partial charge in [0.1, 0.15) is 0 Å². The molecule has 0 aliphatic heterocycles. The van der Waals surface area contributed by atoms with E-state index in [0.29, 0.717) is 0 Å². The van der Waals surface area contributed by atoms with Crippen LogP contribution in [0.4, 0.5) is 45.5 Å². The Labute approximate surface area is 515 Å². The van der Waals surface area contributed by atoms with E-state index >= 15 is 0 Å². The number of hydrogen-bond acceptors (Lipinski definition) is 10. The number of anilines is 4. The van der Waals surface area contributed by atoms with Crippen molar-refractivity contribution < 1.29 is 49.5 Å². The highest BCUT2D eigenvalue weighted by molar-refractivity contribution is 6.20. The van der Waals surface area contributed by atoms with E-state index in [9.17, 15) is 0 Å². The number of unbranched alkanes of at least 4 members (excludes halogenated alkanes) is 16. The zero-order valence-electron chi connectivity index (χ0n) is 53.1. The minimum atomic E-state index is -2.85. The lowest BCUT2D eigenvalue weighted by atomic mass is 10.1. The standard InChI is InChI=1S/C70H108N6.2ClO3/c1-9-17-25-53-71(54-26-18-10-2)61-33-41-65(42-34-61)75(66-43-35-62(36-44-66)72(55-27-19-11-3)56-28-20-12-4)69-49-51-70(52-50-69)76(67-45-37-63(38-46-67)73(57-29-21-13-5)58-30-22-14-6)68-47-39-64(40-48-68)74(59-31-23-15-7)60-32-24-16-8;2*2-1(3)4/h33-52H,9-32,53-60H2,1-8H3;;/q+2;2*-1. The van der Waals surface area contributed by atoms with Gasteiger partial charge in [0.15, 0.2) is 0 Å². The van der Waals surface area contributed by atoms with Crippen LogP contribution in [0.5, 0.6) is 0 Å². The fraction of sp³-hybridized carbons (Fsp3) is 0.571.